The third-order valence-electron chi connectivity index (χ3n) is 2.90. The Balaban J connectivity index is 1.91. The van der Waals surface area contributed by atoms with Gasteiger partial charge in [0.05, 0.1) is 5.56 Å². The molecule has 2 aromatic rings. The van der Waals surface area contributed by atoms with E-state index in [4.69, 9.17) is 4.74 Å². The van der Waals surface area contributed by atoms with Crippen molar-refractivity contribution in [3.8, 4) is 0 Å². The number of esters is 1. The minimum atomic E-state index is -0.647. The largest absolute Gasteiger partial charge is 0.452 e. The van der Waals surface area contributed by atoms with Gasteiger partial charge in [0.2, 0.25) is 0 Å². The molecule has 0 bridgehead atoms. The number of para-hydroxylation sites is 1. The summed E-state index contributed by atoms with van der Waals surface area (Å²) in [5.74, 6) is -1.22. The predicted molar refractivity (Wildman–Crippen MR) is 81.8 cm³/mol. The fourth-order valence-corrected chi connectivity index (χ4v) is 1.80. The van der Waals surface area contributed by atoms with Gasteiger partial charge in [-0.05, 0) is 31.2 Å². The second-order valence-corrected chi connectivity index (χ2v) is 4.63. The quantitative estimate of drug-likeness (QED) is 0.680. The van der Waals surface area contributed by atoms with Gasteiger partial charge in [-0.25, -0.2) is 4.79 Å². The lowest BCUT2D eigenvalue weighted by atomic mass is 10.1. The van der Waals surface area contributed by atoms with Crippen LogP contribution in [-0.2, 0) is 9.53 Å². The Bertz CT molecular complexity index is 695. The van der Waals surface area contributed by atoms with Crippen LogP contribution in [0.4, 0.5) is 5.69 Å². The van der Waals surface area contributed by atoms with Crippen LogP contribution >= 0.6 is 0 Å². The van der Waals surface area contributed by atoms with Crippen molar-refractivity contribution in [2.75, 3.05) is 11.9 Å². The van der Waals surface area contributed by atoms with Gasteiger partial charge in [0.1, 0.15) is 0 Å². The fraction of sp³-hybridized carbons (Fsp3) is 0.118. The Kier molecular flexibility index (Phi) is 5.03. The standard InChI is InChI=1S/C17H15NO4/c1-12(19)13-6-5-7-14(10-13)17(21)22-11-16(20)18-15-8-3-2-4-9-15/h2-10H,11H2,1H3,(H,18,20). The second kappa shape index (κ2) is 7.17. The molecule has 0 aliphatic carbocycles. The average molecular weight is 297 g/mol. The number of benzene rings is 2. The number of hydrogen-bond donors (Lipinski definition) is 1. The first-order valence-corrected chi connectivity index (χ1v) is 6.69. The summed E-state index contributed by atoms with van der Waals surface area (Å²) in [6, 6.07) is 15.1. The molecule has 0 atom stereocenters. The highest BCUT2D eigenvalue weighted by atomic mass is 16.5. The molecule has 22 heavy (non-hydrogen) atoms. The molecule has 0 fully saturated rings. The topological polar surface area (TPSA) is 72.5 Å². The van der Waals surface area contributed by atoms with Crippen LogP contribution < -0.4 is 5.32 Å². The van der Waals surface area contributed by atoms with Crippen LogP contribution in [-0.4, -0.2) is 24.3 Å². The molecular formula is C17H15NO4. The molecule has 1 amide bonds. The summed E-state index contributed by atoms with van der Waals surface area (Å²) in [6.45, 7) is 1.02. The van der Waals surface area contributed by atoms with Gasteiger partial charge in [-0.15, -0.1) is 0 Å². The van der Waals surface area contributed by atoms with Crippen molar-refractivity contribution >= 4 is 23.3 Å². The van der Waals surface area contributed by atoms with Gasteiger partial charge in [-0.3, -0.25) is 9.59 Å². The van der Waals surface area contributed by atoms with Gasteiger partial charge in [-0.1, -0.05) is 30.3 Å². The Morgan fingerprint density at radius 3 is 2.32 bits per heavy atom. The maximum absolute atomic E-state index is 11.9. The smallest absolute Gasteiger partial charge is 0.338 e. The van der Waals surface area contributed by atoms with Crippen molar-refractivity contribution in [3.05, 3.63) is 65.7 Å². The van der Waals surface area contributed by atoms with Crippen LogP contribution in [0.1, 0.15) is 27.6 Å². The van der Waals surface area contributed by atoms with Crippen molar-refractivity contribution in [2.24, 2.45) is 0 Å². The fourth-order valence-electron chi connectivity index (χ4n) is 1.80. The summed E-state index contributed by atoms with van der Waals surface area (Å²) in [7, 11) is 0. The second-order valence-electron chi connectivity index (χ2n) is 4.63. The molecule has 0 aliphatic heterocycles. The number of carbonyl (C=O) groups excluding carboxylic acids is 3. The van der Waals surface area contributed by atoms with Crippen molar-refractivity contribution in [2.45, 2.75) is 6.92 Å². The zero-order chi connectivity index (χ0) is 15.9. The highest BCUT2D eigenvalue weighted by Gasteiger charge is 2.11. The number of nitrogens with one attached hydrogen (secondary N) is 1. The molecule has 2 aromatic carbocycles. The normalized spacial score (nSPS) is 9.86. The van der Waals surface area contributed by atoms with Crippen LogP contribution in [0.3, 0.4) is 0 Å². The van der Waals surface area contributed by atoms with Crippen molar-refractivity contribution in [3.63, 3.8) is 0 Å². The van der Waals surface area contributed by atoms with Crippen molar-refractivity contribution < 1.29 is 19.1 Å². The number of anilines is 1. The van der Waals surface area contributed by atoms with Gasteiger partial charge < -0.3 is 10.1 Å². The van der Waals surface area contributed by atoms with Gasteiger partial charge in [0, 0.05) is 11.3 Å². The number of rotatable bonds is 5. The summed E-state index contributed by atoms with van der Waals surface area (Å²) in [5.41, 5.74) is 1.28. The molecule has 2 rings (SSSR count). The molecule has 5 heteroatoms. The van der Waals surface area contributed by atoms with Gasteiger partial charge in [0.25, 0.3) is 5.91 Å². The minimum absolute atomic E-state index is 0.142. The molecule has 0 heterocycles. The van der Waals surface area contributed by atoms with Gasteiger partial charge >= 0.3 is 5.97 Å². The van der Waals surface area contributed by atoms with Crippen LogP contribution in [0.15, 0.2) is 54.6 Å². The molecule has 0 radical (unpaired) electrons. The number of Topliss-reactive ketones (excluding diaryl/α,β-unsaturated/α-hetero) is 1. The first-order valence-electron chi connectivity index (χ1n) is 6.69. The van der Waals surface area contributed by atoms with Crippen LogP contribution in [0.2, 0.25) is 0 Å². The molecule has 0 aliphatic rings. The molecule has 1 N–H and O–H groups in total. The molecule has 5 nitrogen and oxygen atoms in total. The lowest BCUT2D eigenvalue weighted by Gasteiger charge is -2.07. The monoisotopic (exact) mass is 297 g/mol. The van der Waals surface area contributed by atoms with E-state index in [9.17, 15) is 14.4 Å². The molecule has 0 unspecified atom stereocenters. The number of amides is 1. The summed E-state index contributed by atoms with van der Waals surface area (Å²) >= 11 is 0. The van der Waals surface area contributed by atoms with E-state index < -0.39 is 18.5 Å². The highest BCUT2D eigenvalue weighted by molar-refractivity contribution is 5.99. The molecule has 112 valence electrons. The Labute approximate surface area is 127 Å². The van der Waals surface area contributed by atoms with Gasteiger partial charge in [-0.2, -0.15) is 0 Å². The van der Waals surface area contributed by atoms with Crippen LogP contribution in [0, 0.1) is 0 Å². The van der Waals surface area contributed by atoms with E-state index in [-0.39, 0.29) is 11.3 Å². The number of hydrogen-bond acceptors (Lipinski definition) is 4. The Morgan fingerprint density at radius 1 is 0.955 bits per heavy atom. The Morgan fingerprint density at radius 2 is 1.64 bits per heavy atom. The third-order valence-corrected chi connectivity index (χ3v) is 2.90. The summed E-state index contributed by atoms with van der Waals surface area (Å²) in [5, 5.41) is 2.61. The number of carbonyl (C=O) groups is 3. The zero-order valence-electron chi connectivity index (χ0n) is 12.0. The van der Waals surface area contributed by atoms with Crippen molar-refractivity contribution in [1.29, 1.82) is 0 Å². The lowest BCUT2D eigenvalue weighted by molar-refractivity contribution is -0.119. The molecule has 0 spiro atoms. The maximum atomic E-state index is 11.9. The Hall–Kier alpha value is -2.95. The first-order chi connectivity index (χ1) is 10.6. The summed E-state index contributed by atoms with van der Waals surface area (Å²) in [4.78, 5) is 34.8. The van der Waals surface area contributed by atoms with E-state index in [0.29, 0.717) is 11.3 Å². The zero-order valence-corrected chi connectivity index (χ0v) is 12.0. The van der Waals surface area contributed by atoms with Crippen LogP contribution in [0.5, 0.6) is 0 Å². The van der Waals surface area contributed by atoms with Gasteiger partial charge in [0.15, 0.2) is 12.4 Å². The average Bonchev–Trinajstić information content (AvgIpc) is 2.53. The van der Waals surface area contributed by atoms with Crippen LogP contribution in [0.25, 0.3) is 0 Å². The first kappa shape index (κ1) is 15.4. The molecular weight excluding hydrogens is 282 g/mol. The SMILES string of the molecule is CC(=O)c1cccc(C(=O)OCC(=O)Nc2ccccc2)c1. The number of ether oxygens (including phenoxy) is 1. The lowest BCUT2D eigenvalue weighted by Crippen LogP contribution is -2.21. The van der Waals surface area contributed by atoms with E-state index in [0.717, 1.165) is 0 Å². The molecule has 0 saturated heterocycles. The highest BCUT2D eigenvalue weighted by Crippen LogP contribution is 2.08. The predicted octanol–water partition coefficient (Wildman–Crippen LogP) is 2.68. The molecule has 0 aromatic heterocycles. The third kappa shape index (κ3) is 4.28. The van der Waals surface area contributed by atoms with E-state index in [2.05, 4.69) is 5.32 Å². The van der Waals surface area contributed by atoms with E-state index in [1.54, 1.807) is 36.4 Å². The van der Waals surface area contributed by atoms with Crippen molar-refractivity contribution in [1.82, 2.24) is 0 Å². The molecule has 0 saturated carbocycles. The van der Waals surface area contributed by atoms with E-state index in [1.165, 1.54) is 19.1 Å². The summed E-state index contributed by atoms with van der Waals surface area (Å²) < 4.78 is 4.93. The van der Waals surface area contributed by atoms with E-state index in [1.807, 2.05) is 6.07 Å². The van der Waals surface area contributed by atoms with E-state index >= 15 is 0 Å². The summed E-state index contributed by atoms with van der Waals surface area (Å²) in [6.07, 6.45) is 0. The minimum Gasteiger partial charge on any atom is -0.452 e. The number of ketones is 1. The maximum Gasteiger partial charge on any atom is 0.338 e.